The monoisotopic (exact) mass is 387 g/mol. The summed E-state index contributed by atoms with van der Waals surface area (Å²) in [7, 11) is 1.87. The molecule has 0 bridgehead atoms. The molecule has 8 heteroatoms. The third kappa shape index (κ3) is 6.84. The first kappa shape index (κ1) is 21.7. The van der Waals surface area contributed by atoms with E-state index in [1.54, 1.807) is 11.0 Å². The highest BCUT2D eigenvalue weighted by molar-refractivity contribution is 5.79. The number of benzene rings is 1. The van der Waals surface area contributed by atoms with Crippen molar-refractivity contribution in [3.05, 3.63) is 42.0 Å². The molecule has 0 aliphatic heterocycles. The molecule has 1 aromatic carbocycles. The van der Waals surface area contributed by atoms with Gasteiger partial charge in [-0.25, -0.2) is 9.98 Å². The van der Waals surface area contributed by atoms with Gasteiger partial charge in [-0.15, -0.1) is 0 Å². The second-order valence-electron chi connectivity index (χ2n) is 6.33. The molecule has 0 unspecified atom stereocenters. The molecule has 0 saturated heterocycles. The molecule has 0 amide bonds. The van der Waals surface area contributed by atoms with Crippen molar-refractivity contribution in [1.29, 1.82) is 0 Å². The quantitative estimate of drug-likeness (QED) is 0.452. The second kappa shape index (κ2) is 12.0. The van der Waals surface area contributed by atoms with E-state index >= 15 is 0 Å². The maximum absolute atomic E-state index is 6.02. The Morgan fingerprint density at radius 3 is 2.64 bits per heavy atom. The number of rotatable bonds is 11. The average molecular weight is 388 g/mol. The Morgan fingerprint density at radius 1 is 1.18 bits per heavy atom. The van der Waals surface area contributed by atoms with Gasteiger partial charge in [-0.1, -0.05) is 32.0 Å². The Hall–Kier alpha value is -2.61. The second-order valence-corrected chi connectivity index (χ2v) is 6.33. The van der Waals surface area contributed by atoms with Crippen LogP contribution in [0.1, 0.15) is 32.2 Å². The maximum Gasteiger partial charge on any atom is 0.191 e. The van der Waals surface area contributed by atoms with Crippen molar-refractivity contribution >= 4 is 5.96 Å². The number of guanidine groups is 1. The van der Waals surface area contributed by atoms with Crippen molar-refractivity contribution < 1.29 is 4.74 Å². The van der Waals surface area contributed by atoms with E-state index in [1.807, 2.05) is 32.2 Å². The minimum absolute atomic E-state index is 0.537. The van der Waals surface area contributed by atoms with Crippen LogP contribution in [-0.4, -0.2) is 58.4 Å². The van der Waals surface area contributed by atoms with Crippen molar-refractivity contribution in [3.8, 4) is 5.75 Å². The minimum atomic E-state index is 0.537. The van der Waals surface area contributed by atoms with Crippen LogP contribution in [0.2, 0.25) is 0 Å². The molecule has 2 N–H and O–H groups in total. The number of ether oxygens (including phenoxy) is 1. The molecule has 0 atom stereocenters. The van der Waals surface area contributed by atoms with Gasteiger partial charge in [0.05, 0.1) is 13.1 Å². The van der Waals surface area contributed by atoms with E-state index in [2.05, 4.69) is 45.5 Å². The van der Waals surface area contributed by atoms with E-state index in [4.69, 9.17) is 9.73 Å². The summed E-state index contributed by atoms with van der Waals surface area (Å²) in [6, 6.07) is 8.08. The largest absolute Gasteiger partial charge is 0.492 e. The van der Waals surface area contributed by atoms with E-state index in [0.717, 1.165) is 49.3 Å². The van der Waals surface area contributed by atoms with E-state index in [0.29, 0.717) is 19.7 Å². The predicted molar refractivity (Wildman–Crippen MR) is 112 cm³/mol. The fourth-order valence-corrected chi connectivity index (χ4v) is 2.75. The summed E-state index contributed by atoms with van der Waals surface area (Å²) in [4.78, 5) is 11.3. The van der Waals surface area contributed by atoms with E-state index in [1.165, 1.54) is 0 Å². The number of nitrogens with zero attached hydrogens (tertiary/aromatic N) is 5. The van der Waals surface area contributed by atoms with Gasteiger partial charge in [-0.3, -0.25) is 4.68 Å². The molecule has 0 saturated carbocycles. The summed E-state index contributed by atoms with van der Waals surface area (Å²) in [5.41, 5.74) is 1.07. The van der Waals surface area contributed by atoms with Crippen LogP contribution < -0.4 is 15.4 Å². The Kier molecular flexibility index (Phi) is 9.27. The molecule has 0 fully saturated rings. The van der Waals surface area contributed by atoms with Crippen molar-refractivity contribution in [2.45, 2.75) is 33.9 Å². The number of para-hydroxylation sites is 1. The van der Waals surface area contributed by atoms with Crippen LogP contribution in [0.3, 0.4) is 0 Å². The SMILES string of the molecule is CCNC(=NCc1ccccc1OCCN(CC)CC)NCc1ncnn1C. The molecule has 0 spiro atoms. The van der Waals surface area contributed by atoms with Gasteiger partial charge < -0.3 is 20.3 Å². The number of nitrogens with one attached hydrogen (secondary N) is 2. The molecule has 0 radical (unpaired) electrons. The van der Waals surface area contributed by atoms with Crippen molar-refractivity contribution in [1.82, 2.24) is 30.3 Å². The number of hydrogen-bond acceptors (Lipinski definition) is 5. The molecule has 2 aromatic rings. The zero-order chi connectivity index (χ0) is 20.2. The normalized spacial score (nSPS) is 11.7. The lowest BCUT2D eigenvalue weighted by Crippen LogP contribution is -2.37. The van der Waals surface area contributed by atoms with Gasteiger partial charge in [0, 0.05) is 25.7 Å². The molecule has 0 aliphatic rings. The summed E-state index contributed by atoms with van der Waals surface area (Å²) in [6.45, 7) is 11.9. The van der Waals surface area contributed by atoms with Gasteiger partial charge in [0.25, 0.3) is 0 Å². The fraction of sp³-hybridized carbons (Fsp3) is 0.550. The van der Waals surface area contributed by atoms with Gasteiger partial charge >= 0.3 is 0 Å². The predicted octanol–water partition coefficient (Wildman–Crippen LogP) is 1.79. The maximum atomic E-state index is 6.02. The van der Waals surface area contributed by atoms with E-state index in [9.17, 15) is 0 Å². The Bertz CT molecular complexity index is 725. The summed E-state index contributed by atoms with van der Waals surface area (Å²) in [5.74, 6) is 2.48. The van der Waals surface area contributed by atoms with Crippen molar-refractivity contribution in [2.24, 2.45) is 12.0 Å². The summed E-state index contributed by atoms with van der Waals surface area (Å²) < 4.78 is 7.77. The smallest absolute Gasteiger partial charge is 0.191 e. The zero-order valence-corrected chi connectivity index (χ0v) is 17.5. The highest BCUT2D eigenvalue weighted by atomic mass is 16.5. The molecule has 154 valence electrons. The number of aromatic nitrogens is 3. The van der Waals surface area contributed by atoms with E-state index < -0.39 is 0 Å². The van der Waals surface area contributed by atoms with E-state index in [-0.39, 0.29) is 0 Å². The zero-order valence-electron chi connectivity index (χ0n) is 17.5. The highest BCUT2D eigenvalue weighted by Gasteiger charge is 2.06. The van der Waals surface area contributed by atoms with Gasteiger partial charge in [0.15, 0.2) is 5.96 Å². The van der Waals surface area contributed by atoms with Crippen LogP contribution in [0, 0.1) is 0 Å². The van der Waals surface area contributed by atoms with Crippen LogP contribution >= 0.6 is 0 Å². The van der Waals surface area contributed by atoms with Crippen LogP contribution in [-0.2, 0) is 20.1 Å². The lowest BCUT2D eigenvalue weighted by molar-refractivity contribution is 0.221. The van der Waals surface area contributed by atoms with Crippen LogP contribution in [0.25, 0.3) is 0 Å². The molecule has 1 aromatic heterocycles. The number of aliphatic imine (C=N–C) groups is 1. The first-order valence-electron chi connectivity index (χ1n) is 9.96. The van der Waals surface area contributed by atoms with Crippen LogP contribution in [0.5, 0.6) is 5.75 Å². The number of aryl methyl sites for hydroxylation is 1. The Morgan fingerprint density at radius 2 is 1.96 bits per heavy atom. The standard InChI is InChI=1S/C20H33N7O/c1-5-21-20(23-15-19-24-16-25-26(19)4)22-14-17-10-8-9-11-18(17)28-13-12-27(6-2)7-3/h8-11,16H,5-7,12-15H2,1-4H3,(H2,21,22,23). The molecule has 1 heterocycles. The fourth-order valence-electron chi connectivity index (χ4n) is 2.75. The third-order valence-electron chi connectivity index (χ3n) is 4.50. The van der Waals surface area contributed by atoms with Crippen LogP contribution in [0.4, 0.5) is 0 Å². The third-order valence-corrected chi connectivity index (χ3v) is 4.50. The molecule has 0 aliphatic carbocycles. The highest BCUT2D eigenvalue weighted by Crippen LogP contribution is 2.18. The molecular weight excluding hydrogens is 354 g/mol. The lowest BCUT2D eigenvalue weighted by atomic mass is 10.2. The first-order chi connectivity index (χ1) is 13.7. The lowest BCUT2D eigenvalue weighted by Gasteiger charge is -2.18. The summed E-state index contributed by atoms with van der Waals surface area (Å²) >= 11 is 0. The summed E-state index contributed by atoms with van der Waals surface area (Å²) in [6.07, 6.45) is 1.55. The molecule has 28 heavy (non-hydrogen) atoms. The average Bonchev–Trinajstić information content (AvgIpc) is 3.13. The Balaban J connectivity index is 1.96. The minimum Gasteiger partial charge on any atom is -0.492 e. The number of likely N-dealkylation sites (N-methyl/N-ethyl adjacent to an activating group) is 1. The van der Waals surface area contributed by atoms with Gasteiger partial charge in [0.1, 0.15) is 24.5 Å². The summed E-state index contributed by atoms with van der Waals surface area (Å²) in [5, 5.41) is 10.6. The Labute approximate surface area is 168 Å². The molecular formula is C20H33N7O. The van der Waals surface area contributed by atoms with Crippen LogP contribution in [0.15, 0.2) is 35.6 Å². The molecule has 8 nitrogen and oxygen atoms in total. The number of hydrogen-bond donors (Lipinski definition) is 2. The van der Waals surface area contributed by atoms with Gasteiger partial charge in [0.2, 0.25) is 0 Å². The van der Waals surface area contributed by atoms with Gasteiger partial charge in [-0.05, 0) is 26.1 Å². The van der Waals surface area contributed by atoms with Crippen molar-refractivity contribution in [3.63, 3.8) is 0 Å². The topological polar surface area (TPSA) is 79.6 Å². The van der Waals surface area contributed by atoms with Crippen molar-refractivity contribution in [2.75, 3.05) is 32.8 Å². The first-order valence-corrected chi connectivity index (χ1v) is 9.96. The molecule has 2 rings (SSSR count). The van der Waals surface area contributed by atoms with Gasteiger partial charge in [-0.2, -0.15) is 5.10 Å².